The number of carbonyl (C=O) groups is 1. The summed E-state index contributed by atoms with van der Waals surface area (Å²) in [6.07, 6.45) is 3.26. The first-order valence-corrected chi connectivity index (χ1v) is 6.87. The van der Waals surface area contributed by atoms with Gasteiger partial charge in [-0.05, 0) is 36.4 Å². The molecule has 0 aliphatic carbocycles. The van der Waals surface area contributed by atoms with Crippen LogP contribution >= 0.6 is 11.3 Å². The standard InChI is InChI=1S/C15H9FN2O2S/c16-11-5-3-9(4-6-11)12-13(15(19)20)21-14(18-12)10-2-1-7-17-8-10/h1-8H,(H,19,20). The van der Waals surface area contributed by atoms with Crippen molar-refractivity contribution in [1.29, 1.82) is 0 Å². The Balaban J connectivity index is 2.14. The van der Waals surface area contributed by atoms with Gasteiger partial charge in [0.05, 0.1) is 5.69 Å². The summed E-state index contributed by atoms with van der Waals surface area (Å²) in [5.41, 5.74) is 1.66. The zero-order valence-corrected chi connectivity index (χ0v) is 11.5. The van der Waals surface area contributed by atoms with Crippen LogP contribution in [-0.4, -0.2) is 21.0 Å². The van der Waals surface area contributed by atoms with E-state index in [1.807, 2.05) is 6.07 Å². The number of thiazole rings is 1. The summed E-state index contributed by atoms with van der Waals surface area (Å²) < 4.78 is 13.0. The maximum Gasteiger partial charge on any atom is 0.348 e. The Morgan fingerprint density at radius 1 is 1.14 bits per heavy atom. The van der Waals surface area contributed by atoms with Crippen LogP contribution in [0.1, 0.15) is 9.67 Å². The number of aromatic nitrogens is 2. The lowest BCUT2D eigenvalue weighted by atomic mass is 10.1. The number of nitrogens with zero attached hydrogens (tertiary/aromatic N) is 2. The topological polar surface area (TPSA) is 63.1 Å². The first-order chi connectivity index (χ1) is 10.1. The molecular weight excluding hydrogens is 291 g/mol. The third-order valence-corrected chi connectivity index (χ3v) is 3.94. The summed E-state index contributed by atoms with van der Waals surface area (Å²) in [4.78, 5) is 19.9. The van der Waals surface area contributed by atoms with Crippen LogP contribution in [0.15, 0.2) is 48.8 Å². The lowest BCUT2D eigenvalue weighted by Gasteiger charge is -1.98. The molecule has 0 unspecified atom stereocenters. The predicted molar refractivity (Wildman–Crippen MR) is 77.7 cm³/mol. The molecule has 1 N–H and O–H groups in total. The number of aromatic carboxylic acids is 1. The highest BCUT2D eigenvalue weighted by molar-refractivity contribution is 7.17. The minimum absolute atomic E-state index is 0.125. The van der Waals surface area contributed by atoms with Crippen LogP contribution in [0.5, 0.6) is 0 Å². The highest BCUT2D eigenvalue weighted by Gasteiger charge is 2.19. The molecule has 0 aliphatic heterocycles. The molecule has 4 nitrogen and oxygen atoms in total. The molecule has 0 bridgehead atoms. The van der Waals surface area contributed by atoms with E-state index < -0.39 is 5.97 Å². The van der Waals surface area contributed by atoms with Gasteiger partial charge in [0.1, 0.15) is 15.7 Å². The summed E-state index contributed by atoms with van der Waals surface area (Å²) in [5.74, 6) is -1.43. The lowest BCUT2D eigenvalue weighted by Crippen LogP contribution is -1.95. The number of benzene rings is 1. The first-order valence-electron chi connectivity index (χ1n) is 6.05. The summed E-state index contributed by atoms with van der Waals surface area (Å²) in [7, 11) is 0. The van der Waals surface area contributed by atoms with Crippen molar-refractivity contribution < 1.29 is 14.3 Å². The number of hydrogen-bond donors (Lipinski definition) is 1. The SMILES string of the molecule is O=C(O)c1sc(-c2cccnc2)nc1-c1ccc(F)cc1. The lowest BCUT2D eigenvalue weighted by molar-refractivity contribution is 0.0702. The number of carboxylic acids is 1. The van der Waals surface area contributed by atoms with E-state index in [0.717, 1.165) is 16.9 Å². The zero-order chi connectivity index (χ0) is 14.8. The van der Waals surface area contributed by atoms with Crippen molar-refractivity contribution in [2.75, 3.05) is 0 Å². The van der Waals surface area contributed by atoms with Crippen LogP contribution in [0.4, 0.5) is 4.39 Å². The van der Waals surface area contributed by atoms with E-state index >= 15 is 0 Å². The summed E-state index contributed by atoms with van der Waals surface area (Å²) >= 11 is 1.08. The average Bonchev–Trinajstić information content (AvgIpc) is 2.94. The fourth-order valence-corrected chi connectivity index (χ4v) is 2.80. The van der Waals surface area contributed by atoms with E-state index in [1.165, 1.54) is 24.3 Å². The van der Waals surface area contributed by atoms with E-state index in [4.69, 9.17) is 0 Å². The molecule has 0 radical (unpaired) electrons. The van der Waals surface area contributed by atoms with Gasteiger partial charge in [-0.3, -0.25) is 4.98 Å². The number of halogens is 1. The van der Waals surface area contributed by atoms with Crippen molar-refractivity contribution in [1.82, 2.24) is 9.97 Å². The molecule has 1 aromatic carbocycles. The Kier molecular flexibility index (Phi) is 3.45. The van der Waals surface area contributed by atoms with E-state index in [-0.39, 0.29) is 10.7 Å². The number of hydrogen-bond acceptors (Lipinski definition) is 4. The van der Waals surface area contributed by atoms with Crippen LogP contribution in [0.25, 0.3) is 21.8 Å². The van der Waals surface area contributed by atoms with Gasteiger partial charge in [-0.15, -0.1) is 11.3 Å². The average molecular weight is 300 g/mol. The smallest absolute Gasteiger partial charge is 0.348 e. The van der Waals surface area contributed by atoms with Crippen LogP contribution in [-0.2, 0) is 0 Å². The fraction of sp³-hybridized carbons (Fsp3) is 0. The second-order valence-corrected chi connectivity index (χ2v) is 5.25. The van der Waals surface area contributed by atoms with Crippen LogP contribution in [0, 0.1) is 5.82 Å². The van der Waals surface area contributed by atoms with E-state index in [2.05, 4.69) is 9.97 Å². The molecule has 0 fully saturated rings. The highest BCUT2D eigenvalue weighted by Crippen LogP contribution is 2.33. The monoisotopic (exact) mass is 300 g/mol. The molecule has 0 saturated heterocycles. The van der Waals surface area contributed by atoms with Gasteiger partial charge < -0.3 is 5.11 Å². The molecule has 2 heterocycles. The van der Waals surface area contributed by atoms with Gasteiger partial charge >= 0.3 is 5.97 Å². The number of rotatable bonds is 3. The van der Waals surface area contributed by atoms with Crippen LogP contribution in [0.2, 0.25) is 0 Å². The van der Waals surface area contributed by atoms with Gasteiger partial charge in [-0.2, -0.15) is 0 Å². The molecule has 104 valence electrons. The minimum atomic E-state index is -1.05. The minimum Gasteiger partial charge on any atom is -0.477 e. The predicted octanol–water partition coefficient (Wildman–Crippen LogP) is 3.71. The van der Waals surface area contributed by atoms with Crippen molar-refractivity contribution in [2.24, 2.45) is 0 Å². The molecule has 21 heavy (non-hydrogen) atoms. The summed E-state index contributed by atoms with van der Waals surface area (Å²) in [5, 5.41) is 9.89. The second kappa shape index (κ2) is 5.41. The zero-order valence-electron chi connectivity index (χ0n) is 10.7. The quantitative estimate of drug-likeness (QED) is 0.801. The van der Waals surface area contributed by atoms with Gasteiger partial charge in [0, 0.05) is 23.5 Å². The van der Waals surface area contributed by atoms with Crippen molar-refractivity contribution >= 4 is 17.3 Å². The first kappa shape index (κ1) is 13.4. The molecule has 0 atom stereocenters. The maximum absolute atomic E-state index is 13.0. The molecule has 0 aliphatic rings. The Morgan fingerprint density at radius 3 is 2.52 bits per heavy atom. The maximum atomic E-state index is 13.0. The van der Waals surface area contributed by atoms with Crippen LogP contribution < -0.4 is 0 Å². The Morgan fingerprint density at radius 2 is 1.90 bits per heavy atom. The molecule has 3 aromatic rings. The van der Waals surface area contributed by atoms with Crippen molar-refractivity contribution in [3.63, 3.8) is 0 Å². The Bertz CT molecular complexity index is 785. The van der Waals surface area contributed by atoms with E-state index in [9.17, 15) is 14.3 Å². The number of carboxylic acid groups (broad SMARTS) is 1. The van der Waals surface area contributed by atoms with Gasteiger partial charge in [-0.1, -0.05) is 0 Å². The van der Waals surface area contributed by atoms with Gasteiger partial charge in [0.2, 0.25) is 0 Å². The molecule has 2 aromatic heterocycles. The van der Waals surface area contributed by atoms with Crippen molar-refractivity contribution in [3.8, 4) is 21.8 Å². The normalized spacial score (nSPS) is 10.5. The Labute approximate surface area is 123 Å². The van der Waals surface area contributed by atoms with Gasteiger partial charge in [0.25, 0.3) is 0 Å². The molecule has 0 saturated carbocycles. The molecular formula is C15H9FN2O2S. The molecule has 0 spiro atoms. The Hall–Kier alpha value is -2.60. The largest absolute Gasteiger partial charge is 0.477 e. The van der Waals surface area contributed by atoms with E-state index in [0.29, 0.717) is 16.3 Å². The number of pyridine rings is 1. The fourth-order valence-electron chi connectivity index (χ4n) is 1.88. The van der Waals surface area contributed by atoms with Gasteiger partial charge in [0.15, 0.2) is 0 Å². The van der Waals surface area contributed by atoms with E-state index in [1.54, 1.807) is 18.5 Å². The summed E-state index contributed by atoms with van der Waals surface area (Å²) in [6, 6.07) is 9.17. The molecule has 6 heteroatoms. The summed E-state index contributed by atoms with van der Waals surface area (Å²) in [6.45, 7) is 0. The third-order valence-electron chi connectivity index (χ3n) is 2.85. The van der Waals surface area contributed by atoms with Gasteiger partial charge in [-0.25, -0.2) is 14.2 Å². The third kappa shape index (κ3) is 2.66. The molecule has 0 amide bonds. The second-order valence-electron chi connectivity index (χ2n) is 4.25. The molecule has 3 rings (SSSR count). The van der Waals surface area contributed by atoms with Crippen LogP contribution in [0.3, 0.4) is 0 Å². The van der Waals surface area contributed by atoms with Crippen molar-refractivity contribution in [3.05, 3.63) is 59.5 Å². The van der Waals surface area contributed by atoms with Crippen molar-refractivity contribution in [2.45, 2.75) is 0 Å². The highest BCUT2D eigenvalue weighted by atomic mass is 32.1.